The highest BCUT2D eigenvalue weighted by Crippen LogP contribution is 2.43. The van der Waals surface area contributed by atoms with Gasteiger partial charge < -0.3 is 4.74 Å². The van der Waals surface area contributed by atoms with E-state index in [9.17, 15) is 22.0 Å². The molecule has 0 atom stereocenters. The average molecular weight is 306 g/mol. The summed E-state index contributed by atoms with van der Waals surface area (Å²) in [5, 5.41) is 0. The lowest BCUT2D eigenvalue weighted by molar-refractivity contribution is -0.139. The smallest absolute Gasteiger partial charge is 0.421 e. The SMILES string of the molecule is COc1c(C(F)F)ncc(Br)c1C(F)(F)F. The number of pyridine rings is 1. The van der Waals surface area contributed by atoms with Gasteiger partial charge in [0.05, 0.1) is 11.6 Å². The maximum atomic E-state index is 12.6. The molecule has 90 valence electrons. The maximum absolute atomic E-state index is 12.6. The van der Waals surface area contributed by atoms with Crippen LogP contribution in [-0.2, 0) is 6.18 Å². The number of hydrogen-bond donors (Lipinski definition) is 0. The second kappa shape index (κ2) is 4.52. The van der Waals surface area contributed by atoms with Crippen molar-refractivity contribution < 1.29 is 26.7 Å². The molecule has 0 saturated heterocycles. The lowest BCUT2D eigenvalue weighted by Gasteiger charge is -2.15. The minimum Gasteiger partial charge on any atom is -0.494 e. The van der Waals surface area contributed by atoms with E-state index in [0.29, 0.717) is 6.20 Å². The molecule has 1 aromatic rings. The number of halogens is 6. The van der Waals surface area contributed by atoms with Crippen LogP contribution in [0.4, 0.5) is 22.0 Å². The molecule has 1 heterocycles. The van der Waals surface area contributed by atoms with Crippen LogP contribution in [0.3, 0.4) is 0 Å². The number of nitrogens with zero attached hydrogens (tertiary/aromatic N) is 1. The Bertz CT molecular complexity index is 393. The third-order valence-corrected chi connectivity index (χ3v) is 2.31. The molecule has 0 aliphatic carbocycles. The molecule has 0 spiro atoms. The fraction of sp³-hybridized carbons (Fsp3) is 0.375. The summed E-state index contributed by atoms with van der Waals surface area (Å²) in [7, 11) is 0.880. The zero-order valence-corrected chi connectivity index (χ0v) is 9.36. The Morgan fingerprint density at radius 2 is 1.94 bits per heavy atom. The van der Waals surface area contributed by atoms with Crippen molar-refractivity contribution >= 4 is 15.9 Å². The summed E-state index contributed by atoms with van der Waals surface area (Å²) in [6, 6.07) is 0. The van der Waals surface area contributed by atoms with E-state index >= 15 is 0 Å². The number of alkyl halides is 5. The van der Waals surface area contributed by atoms with Gasteiger partial charge in [-0.05, 0) is 15.9 Å². The highest BCUT2D eigenvalue weighted by Gasteiger charge is 2.39. The first-order chi connectivity index (χ1) is 7.29. The molecule has 0 bridgehead atoms. The Balaban J connectivity index is 3.51. The van der Waals surface area contributed by atoms with Gasteiger partial charge in [-0.3, -0.25) is 4.98 Å². The highest BCUT2D eigenvalue weighted by molar-refractivity contribution is 9.10. The Kier molecular flexibility index (Phi) is 3.72. The van der Waals surface area contributed by atoms with Crippen LogP contribution in [0.25, 0.3) is 0 Å². The van der Waals surface area contributed by atoms with Crippen molar-refractivity contribution in [3.63, 3.8) is 0 Å². The molecule has 1 aromatic heterocycles. The Morgan fingerprint density at radius 3 is 2.31 bits per heavy atom. The van der Waals surface area contributed by atoms with Gasteiger partial charge in [-0.2, -0.15) is 13.2 Å². The summed E-state index contributed by atoms with van der Waals surface area (Å²) in [5.41, 5.74) is -2.32. The van der Waals surface area contributed by atoms with Crippen LogP contribution in [0.15, 0.2) is 10.7 Å². The van der Waals surface area contributed by atoms with E-state index in [4.69, 9.17) is 0 Å². The van der Waals surface area contributed by atoms with E-state index in [0.717, 1.165) is 7.11 Å². The van der Waals surface area contributed by atoms with Crippen molar-refractivity contribution in [2.24, 2.45) is 0 Å². The molecule has 0 radical (unpaired) electrons. The molecular weight excluding hydrogens is 301 g/mol. The van der Waals surface area contributed by atoms with E-state index in [1.807, 2.05) is 0 Å². The number of ether oxygens (including phenoxy) is 1. The molecule has 0 N–H and O–H groups in total. The number of rotatable bonds is 2. The van der Waals surface area contributed by atoms with Crippen LogP contribution in [0, 0.1) is 0 Å². The van der Waals surface area contributed by atoms with E-state index in [2.05, 4.69) is 25.7 Å². The van der Waals surface area contributed by atoms with Crippen molar-refractivity contribution in [1.29, 1.82) is 0 Å². The third kappa shape index (κ3) is 2.42. The first-order valence-electron chi connectivity index (χ1n) is 3.86. The molecule has 0 saturated carbocycles. The molecule has 2 nitrogen and oxygen atoms in total. The number of methoxy groups -OCH3 is 1. The topological polar surface area (TPSA) is 22.1 Å². The molecule has 0 amide bonds. The lowest BCUT2D eigenvalue weighted by atomic mass is 10.2. The van der Waals surface area contributed by atoms with Crippen LogP contribution < -0.4 is 4.74 Å². The molecule has 1 rings (SSSR count). The Hall–Kier alpha value is -0.920. The van der Waals surface area contributed by atoms with Crippen LogP contribution in [0.2, 0.25) is 0 Å². The summed E-state index contributed by atoms with van der Waals surface area (Å²) >= 11 is 2.60. The van der Waals surface area contributed by atoms with Crippen molar-refractivity contribution in [1.82, 2.24) is 4.98 Å². The summed E-state index contributed by atoms with van der Waals surface area (Å²) in [6.45, 7) is 0. The van der Waals surface area contributed by atoms with Gasteiger partial charge in [0.15, 0.2) is 5.75 Å². The van der Waals surface area contributed by atoms with E-state index in [-0.39, 0.29) is 0 Å². The summed E-state index contributed by atoms with van der Waals surface area (Å²) < 4.78 is 66.4. The Morgan fingerprint density at radius 1 is 1.38 bits per heavy atom. The average Bonchev–Trinajstić information content (AvgIpc) is 2.14. The third-order valence-electron chi connectivity index (χ3n) is 1.71. The van der Waals surface area contributed by atoms with Crippen LogP contribution in [-0.4, -0.2) is 12.1 Å². The van der Waals surface area contributed by atoms with Gasteiger partial charge in [0.1, 0.15) is 11.3 Å². The molecule has 0 fully saturated rings. The summed E-state index contributed by atoms with van der Waals surface area (Å²) in [6.07, 6.45) is -7.26. The van der Waals surface area contributed by atoms with Crippen LogP contribution in [0.5, 0.6) is 5.75 Å². The second-order valence-electron chi connectivity index (χ2n) is 2.70. The zero-order chi connectivity index (χ0) is 12.5. The van der Waals surface area contributed by atoms with Crippen molar-refractivity contribution in [3.05, 3.63) is 21.9 Å². The van der Waals surface area contributed by atoms with E-state index in [1.54, 1.807) is 0 Å². The molecule has 0 unspecified atom stereocenters. The zero-order valence-electron chi connectivity index (χ0n) is 7.78. The van der Waals surface area contributed by atoms with Gasteiger partial charge in [-0.1, -0.05) is 0 Å². The van der Waals surface area contributed by atoms with E-state index in [1.165, 1.54) is 0 Å². The first kappa shape index (κ1) is 13.1. The minimum atomic E-state index is -4.79. The number of aromatic nitrogens is 1. The molecule has 8 heteroatoms. The van der Waals surface area contributed by atoms with Gasteiger partial charge in [0, 0.05) is 6.20 Å². The predicted molar refractivity (Wildman–Crippen MR) is 48.4 cm³/mol. The van der Waals surface area contributed by atoms with Crippen molar-refractivity contribution in [2.75, 3.05) is 7.11 Å². The fourth-order valence-electron chi connectivity index (χ4n) is 1.11. The van der Waals surface area contributed by atoms with Crippen LogP contribution in [0.1, 0.15) is 17.7 Å². The standard InChI is InChI=1S/C8H5BrF5NO/c1-16-6-4(8(12,13)14)3(9)2-15-5(6)7(10)11/h2,7H,1H3. The minimum absolute atomic E-state index is 0.443. The number of hydrogen-bond acceptors (Lipinski definition) is 2. The molecule has 0 aromatic carbocycles. The Labute approximate surface area is 95.6 Å². The van der Waals surface area contributed by atoms with Crippen molar-refractivity contribution in [2.45, 2.75) is 12.6 Å². The second-order valence-corrected chi connectivity index (χ2v) is 3.55. The fourth-order valence-corrected chi connectivity index (χ4v) is 1.62. The normalized spacial score (nSPS) is 12.0. The molecule has 0 aliphatic heterocycles. The van der Waals surface area contributed by atoms with E-state index < -0.39 is 34.1 Å². The molecule has 0 aliphatic rings. The lowest BCUT2D eigenvalue weighted by Crippen LogP contribution is -2.11. The highest BCUT2D eigenvalue weighted by atomic mass is 79.9. The monoisotopic (exact) mass is 305 g/mol. The maximum Gasteiger partial charge on any atom is 0.421 e. The van der Waals surface area contributed by atoms with Gasteiger partial charge in [0.2, 0.25) is 0 Å². The largest absolute Gasteiger partial charge is 0.494 e. The predicted octanol–water partition coefficient (Wildman–Crippen LogP) is 3.81. The van der Waals surface area contributed by atoms with Crippen molar-refractivity contribution in [3.8, 4) is 5.75 Å². The van der Waals surface area contributed by atoms with Crippen LogP contribution >= 0.6 is 15.9 Å². The van der Waals surface area contributed by atoms with Gasteiger partial charge >= 0.3 is 6.18 Å². The molecular formula is C8H5BrF5NO. The van der Waals surface area contributed by atoms with Gasteiger partial charge in [-0.15, -0.1) is 0 Å². The van der Waals surface area contributed by atoms with Gasteiger partial charge in [-0.25, -0.2) is 8.78 Å². The van der Waals surface area contributed by atoms with Gasteiger partial charge in [0.25, 0.3) is 6.43 Å². The summed E-state index contributed by atoms with van der Waals surface area (Å²) in [4.78, 5) is 3.20. The quantitative estimate of drug-likeness (QED) is 0.775. The summed E-state index contributed by atoms with van der Waals surface area (Å²) in [5.74, 6) is -0.961. The molecule has 16 heavy (non-hydrogen) atoms. The first-order valence-corrected chi connectivity index (χ1v) is 4.66.